The van der Waals surface area contributed by atoms with E-state index >= 15 is 0 Å². The molecule has 3 rings (SSSR count). The molecule has 3 aliphatic carbocycles. The molecule has 0 N–H and O–H groups in total. The van der Waals surface area contributed by atoms with Crippen molar-refractivity contribution in [1.82, 2.24) is 0 Å². The molecule has 2 heteroatoms. The second-order valence-electron chi connectivity index (χ2n) is 15.4. The monoisotopic (exact) mass is 484 g/mol. The molecular formula is C30H62P2. The van der Waals surface area contributed by atoms with Crippen molar-refractivity contribution in [3.05, 3.63) is 0 Å². The summed E-state index contributed by atoms with van der Waals surface area (Å²) in [6, 6.07) is 0. The van der Waals surface area contributed by atoms with E-state index in [4.69, 9.17) is 0 Å². The van der Waals surface area contributed by atoms with Crippen LogP contribution >= 0.6 is 13.9 Å². The molecule has 3 fully saturated rings. The Morgan fingerprint density at radius 1 is 0.375 bits per heavy atom. The fourth-order valence-corrected chi connectivity index (χ4v) is 50.4. The first-order chi connectivity index (χ1) is 14.8. The van der Waals surface area contributed by atoms with Crippen molar-refractivity contribution in [3.8, 4) is 0 Å². The molecule has 0 bridgehead atoms. The van der Waals surface area contributed by atoms with Gasteiger partial charge in [0.1, 0.15) is 0 Å². The zero-order valence-corrected chi connectivity index (χ0v) is 25.8. The Hall–Kier alpha value is 0.860. The molecule has 0 aromatic rings. The molecule has 0 radical (unpaired) electrons. The molecule has 3 saturated carbocycles. The van der Waals surface area contributed by atoms with Gasteiger partial charge in [0.05, 0.1) is 0 Å². The fourth-order valence-electron chi connectivity index (χ4n) is 12.0. The molecule has 0 aliphatic heterocycles. The van der Waals surface area contributed by atoms with Gasteiger partial charge in [-0.15, -0.1) is 0 Å². The maximum atomic E-state index is 2.76. The van der Waals surface area contributed by atoms with Crippen LogP contribution in [-0.4, -0.2) is 32.4 Å². The zero-order chi connectivity index (χ0) is 23.8. The first kappa shape index (κ1) is 27.4. The van der Waals surface area contributed by atoms with E-state index in [1.165, 1.54) is 19.3 Å². The average Bonchev–Trinajstić information content (AvgIpc) is 2.71. The molecule has 0 atom stereocenters. The van der Waals surface area contributed by atoms with Gasteiger partial charge in [-0.3, -0.25) is 0 Å². The summed E-state index contributed by atoms with van der Waals surface area (Å²) in [5, 5.41) is 1.42. The summed E-state index contributed by atoms with van der Waals surface area (Å²) < 4.78 is 0. The van der Waals surface area contributed by atoms with E-state index in [2.05, 4.69) is 62.3 Å². The van der Waals surface area contributed by atoms with Crippen molar-refractivity contribution >= 4 is 13.9 Å². The Bertz CT molecular complexity index is 500. The van der Waals surface area contributed by atoms with E-state index in [1.807, 2.05) is 0 Å². The van der Waals surface area contributed by atoms with E-state index in [-0.39, 0.29) is 0 Å². The molecule has 32 heavy (non-hydrogen) atoms. The van der Waals surface area contributed by atoms with Crippen LogP contribution in [0.1, 0.15) is 159 Å². The molecule has 0 unspecified atom stereocenters. The van der Waals surface area contributed by atoms with Crippen LogP contribution in [0, 0.1) is 0 Å². The number of rotatable bonds is 4. The molecule has 0 spiro atoms. The third kappa shape index (κ3) is 4.42. The summed E-state index contributed by atoms with van der Waals surface area (Å²) in [6.45, 7) is 21.4. The van der Waals surface area contributed by atoms with Gasteiger partial charge in [0.15, 0.2) is 0 Å². The zero-order valence-electron chi connectivity index (χ0n) is 23.8. The first-order valence-corrected chi connectivity index (χ1v) is 20.0. The van der Waals surface area contributed by atoms with Crippen molar-refractivity contribution in [2.24, 2.45) is 0 Å². The predicted octanol–water partition coefficient (Wildman–Crippen LogP) is 10.8. The summed E-state index contributed by atoms with van der Waals surface area (Å²) in [6.07, 6.45) is 23.5. The first-order valence-electron chi connectivity index (χ1n) is 14.8. The molecule has 0 aromatic heterocycles. The Kier molecular flexibility index (Phi) is 8.65. The Morgan fingerprint density at radius 2 is 0.594 bits per heavy atom. The van der Waals surface area contributed by atoms with Crippen LogP contribution in [0.3, 0.4) is 0 Å². The van der Waals surface area contributed by atoms with Gasteiger partial charge in [0.25, 0.3) is 0 Å². The Morgan fingerprint density at radius 3 is 0.781 bits per heavy atom. The molecule has 0 amide bonds. The standard InChI is InChI=1S/C30H62P2/c1-28(2,3)32(29(4,5)6,30(7,8)9)31(25-19-13-10-14-20-25,26-21-15-11-16-22-26)27-23-17-12-18-24-27/h25-27,31-32H,10-24H2,1-9H3. The van der Waals surface area contributed by atoms with E-state index in [1.54, 1.807) is 77.0 Å². The van der Waals surface area contributed by atoms with E-state index in [0.29, 0.717) is 15.5 Å². The van der Waals surface area contributed by atoms with Crippen LogP contribution in [0.2, 0.25) is 0 Å². The van der Waals surface area contributed by atoms with Gasteiger partial charge < -0.3 is 0 Å². The van der Waals surface area contributed by atoms with Crippen molar-refractivity contribution in [3.63, 3.8) is 0 Å². The summed E-state index contributed by atoms with van der Waals surface area (Å²) in [4.78, 5) is 0. The number of hydrogen-bond acceptors (Lipinski definition) is 0. The average molecular weight is 485 g/mol. The molecule has 3 aliphatic rings. The third-order valence-electron chi connectivity index (χ3n) is 10.9. The molecule has 0 aromatic carbocycles. The van der Waals surface area contributed by atoms with Gasteiger partial charge in [-0.2, -0.15) is 0 Å². The molecule has 0 saturated heterocycles. The van der Waals surface area contributed by atoms with Gasteiger partial charge in [-0.05, 0) is 0 Å². The van der Waals surface area contributed by atoms with Crippen molar-refractivity contribution < 1.29 is 0 Å². The normalized spacial score (nSPS) is 25.7. The van der Waals surface area contributed by atoms with Gasteiger partial charge >= 0.3 is 205 Å². The van der Waals surface area contributed by atoms with E-state index < -0.39 is 13.9 Å². The SMILES string of the molecule is CC(C)(C)[PH](C(C)(C)C)(C(C)(C)C)[PH](C1CCCCC1)(C1CCCCC1)C1CCCCC1. The van der Waals surface area contributed by atoms with Crippen molar-refractivity contribution in [2.45, 2.75) is 191 Å². The van der Waals surface area contributed by atoms with Crippen LogP contribution in [0.15, 0.2) is 0 Å². The van der Waals surface area contributed by atoms with Crippen LogP contribution in [-0.2, 0) is 0 Å². The summed E-state index contributed by atoms with van der Waals surface area (Å²) in [7, 11) is 0. The molecule has 0 nitrogen and oxygen atoms in total. The van der Waals surface area contributed by atoms with E-state index in [9.17, 15) is 0 Å². The summed E-state index contributed by atoms with van der Waals surface area (Å²) in [5.41, 5.74) is 3.39. The van der Waals surface area contributed by atoms with Crippen LogP contribution in [0.5, 0.6) is 0 Å². The Balaban J connectivity index is 2.42. The van der Waals surface area contributed by atoms with Crippen LogP contribution in [0.4, 0.5) is 0 Å². The second-order valence-corrected chi connectivity index (χ2v) is 30.6. The van der Waals surface area contributed by atoms with Gasteiger partial charge in [0.2, 0.25) is 0 Å². The Labute approximate surface area is 204 Å². The molecule has 192 valence electrons. The fraction of sp³-hybridized carbons (Fsp3) is 1.00. The van der Waals surface area contributed by atoms with Crippen molar-refractivity contribution in [1.29, 1.82) is 0 Å². The minimum atomic E-state index is -1.80. The summed E-state index contributed by atoms with van der Waals surface area (Å²) in [5.74, 6) is 0. The maximum absolute atomic E-state index is 2.76. The number of hydrogen-bond donors (Lipinski definition) is 0. The van der Waals surface area contributed by atoms with Crippen molar-refractivity contribution in [2.75, 3.05) is 0 Å². The van der Waals surface area contributed by atoms with Gasteiger partial charge in [-0.25, -0.2) is 0 Å². The second kappa shape index (κ2) is 10.1. The van der Waals surface area contributed by atoms with Crippen LogP contribution < -0.4 is 0 Å². The van der Waals surface area contributed by atoms with Crippen LogP contribution in [0.25, 0.3) is 0 Å². The molecule has 0 heterocycles. The quantitative estimate of drug-likeness (QED) is 0.348. The predicted molar refractivity (Wildman–Crippen MR) is 157 cm³/mol. The third-order valence-corrected chi connectivity index (χ3v) is 39.0. The minimum absolute atomic E-state index is 0.474. The topological polar surface area (TPSA) is 0 Å². The van der Waals surface area contributed by atoms with Gasteiger partial charge in [0, 0.05) is 0 Å². The summed E-state index contributed by atoms with van der Waals surface area (Å²) >= 11 is 0. The molecular weight excluding hydrogens is 422 g/mol. The van der Waals surface area contributed by atoms with E-state index in [0.717, 1.165) is 17.0 Å². The van der Waals surface area contributed by atoms with Gasteiger partial charge in [-0.1, -0.05) is 0 Å².